The third-order valence-corrected chi connectivity index (χ3v) is 4.02. The van der Waals surface area contributed by atoms with Crippen LogP contribution in [0.4, 0.5) is 10.8 Å². The van der Waals surface area contributed by atoms with Crippen molar-refractivity contribution in [1.82, 2.24) is 4.98 Å². The van der Waals surface area contributed by atoms with Crippen LogP contribution in [0.5, 0.6) is 5.75 Å². The Labute approximate surface area is 121 Å². The molecule has 1 aromatic heterocycles. The van der Waals surface area contributed by atoms with Gasteiger partial charge in [-0.3, -0.25) is 0 Å². The second kappa shape index (κ2) is 5.38. The molecule has 0 amide bonds. The number of nitrogen functional groups attached to an aromatic ring is 1. The van der Waals surface area contributed by atoms with Gasteiger partial charge in [0.2, 0.25) is 0 Å². The summed E-state index contributed by atoms with van der Waals surface area (Å²) in [6.45, 7) is 0.633. The number of methoxy groups -OCH3 is 1. The molecule has 0 unspecified atom stereocenters. The quantitative estimate of drug-likeness (QED) is 0.720. The predicted octanol–water partition coefficient (Wildman–Crippen LogP) is 3.50. The van der Waals surface area contributed by atoms with E-state index in [4.69, 9.17) is 10.5 Å². The fourth-order valence-corrected chi connectivity index (χ4v) is 2.92. The molecule has 5 heteroatoms. The first-order chi connectivity index (χ1) is 9.76. The molecular formula is C15H15N3OS. The topological polar surface area (TPSA) is 60.2 Å². The fraction of sp³-hybridized carbons (Fsp3) is 0.133. The molecule has 102 valence electrons. The van der Waals surface area contributed by atoms with Gasteiger partial charge in [-0.25, -0.2) is 4.98 Å². The zero-order valence-electron chi connectivity index (χ0n) is 11.1. The summed E-state index contributed by atoms with van der Waals surface area (Å²) >= 11 is 1.64. The van der Waals surface area contributed by atoms with E-state index in [2.05, 4.69) is 16.4 Å². The summed E-state index contributed by atoms with van der Waals surface area (Å²) in [5, 5.41) is 4.22. The van der Waals surface area contributed by atoms with Crippen LogP contribution in [0.2, 0.25) is 0 Å². The minimum Gasteiger partial charge on any atom is -0.496 e. The highest BCUT2D eigenvalue weighted by Crippen LogP contribution is 2.27. The number of thiazole rings is 1. The third kappa shape index (κ3) is 2.53. The molecule has 3 aromatic rings. The van der Waals surface area contributed by atoms with Crippen molar-refractivity contribution in [3.05, 3.63) is 48.0 Å². The van der Waals surface area contributed by atoms with Gasteiger partial charge >= 0.3 is 0 Å². The molecule has 0 aliphatic carbocycles. The van der Waals surface area contributed by atoms with Crippen LogP contribution in [0.1, 0.15) is 5.56 Å². The SMILES string of the molecule is COc1ccc(N)cc1CNc1nc2ccccc2s1. The lowest BCUT2D eigenvalue weighted by Gasteiger charge is -2.09. The smallest absolute Gasteiger partial charge is 0.184 e. The van der Waals surface area contributed by atoms with Gasteiger partial charge in [0.25, 0.3) is 0 Å². The van der Waals surface area contributed by atoms with Gasteiger partial charge in [0.1, 0.15) is 5.75 Å². The Morgan fingerprint density at radius 3 is 2.90 bits per heavy atom. The molecule has 0 fully saturated rings. The summed E-state index contributed by atoms with van der Waals surface area (Å²) < 4.78 is 6.51. The monoisotopic (exact) mass is 285 g/mol. The zero-order valence-corrected chi connectivity index (χ0v) is 11.9. The standard InChI is InChI=1S/C15H15N3OS/c1-19-13-7-6-11(16)8-10(13)9-17-15-18-12-4-2-3-5-14(12)20-15/h2-8H,9,16H2,1H3,(H,17,18). The van der Waals surface area contributed by atoms with Gasteiger partial charge in [0.05, 0.1) is 17.3 Å². The second-order valence-corrected chi connectivity index (χ2v) is 5.44. The molecule has 4 nitrogen and oxygen atoms in total. The molecule has 3 rings (SSSR count). The van der Waals surface area contributed by atoms with Crippen LogP contribution >= 0.6 is 11.3 Å². The number of ether oxygens (including phenoxy) is 1. The minimum absolute atomic E-state index is 0.633. The zero-order chi connectivity index (χ0) is 13.9. The molecule has 0 saturated heterocycles. The highest BCUT2D eigenvalue weighted by atomic mass is 32.1. The minimum atomic E-state index is 0.633. The summed E-state index contributed by atoms with van der Waals surface area (Å²) in [7, 11) is 1.66. The molecule has 0 radical (unpaired) electrons. The van der Waals surface area contributed by atoms with Crippen molar-refractivity contribution >= 4 is 32.4 Å². The van der Waals surface area contributed by atoms with Gasteiger partial charge in [0, 0.05) is 17.8 Å². The lowest BCUT2D eigenvalue weighted by atomic mass is 10.2. The molecular weight excluding hydrogens is 270 g/mol. The second-order valence-electron chi connectivity index (χ2n) is 4.41. The van der Waals surface area contributed by atoms with Gasteiger partial charge in [-0.2, -0.15) is 0 Å². The van der Waals surface area contributed by atoms with Crippen LogP contribution in [0, 0.1) is 0 Å². The predicted molar refractivity (Wildman–Crippen MR) is 84.4 cm³/mol. The van der Waals surface area contributed by atoms with Gasteiger partial charge in [-0.15, -0.1) is 0 Å². The Kier molecular flexibility index (Phi) is 3.43. The number of fused-ring (bicyclic) bond motifs is 1. The summed E-state index contributed by atoms with van der Waals surface area (Å²) in [4.78, 5) is 4.54. The number of anilines is 2. The van der Waals surface area contributed by atoms with Gasteiger partial charge in [0.15, 0.2) is 5.13 Å². The Morgan fingerprint density at radius 1 is 1.25 bits per heavy atom. The molecule has 3 N–H and O–H groups in total. The fourth-order valence-electron chi connectivity index (χ4n) is 2.06. The molecule has 0 atom stereocenters. The van der Waals surface area contributed by atoms with Crippen molar-refractivity contribution < 1.29 is 4.74 Å². The lowest BCUT2D eigenvalue weighted by molar-refractivity contribution is 0.410. The normalized spacial score (nSPS) is 10.7. The lowest BCUT2D eigenvalue weighted by Crippen LogP contribution is -2.02. The number of aromatic nitrogens is 1. The van der Waals surface area contributed by atoms with E-state index in [-0.39, 0.29) is 0 Å². The molecule has 0 aliphatic heterocycles. The highest BCUT2D eigenvalue weighted by molar-refractivity contribution is 7.22. The van der Waals surface area contributed by atoms with Crippen molar-refractivity contribution in [2.24, 2.45) is 0 Å². The first-order valence-corrected chi connectivity index (χ1v) is 7.10. The van der Waals surface area contributed by atoms with E-state index < -0.39 is 0 Å². The Balaban J connectivity index is 1.80. The number of nitrogens with one attached hydrogen (secondary N) is 1. The van der Waals surface area contributed by atoms with Crippen molar-refractivity contribution in [2.75, 3.05) is 18.2 Å². The number of hydrogen-bond acceptors (Lipinski definition) is 5. The van der Waals surface area contributed by atoms with Crippen LogP contribution in [-0.2, 0) is 6.54 Å². The van der Waals surface area contributed by atoms with Crippen molar-refractivity contribution in [3.63, 3.8) is 0 Å². The highest BCUT2D eigenvalue weighted by Gasteiger charge is 2.06. The van der Waals surface area contributed by atoms with E-state index in [9.17, 15) is 0 Å². The summed E-state index contributed by atoms with van der Waals surface area (Å²) in [6, 6.07) is 13.7. The maximum absolute atomic E-state index is 5.82. The van der Waals surface area contributed by atoms with Gasteiger partial charge in [-0.05, 0) is 30.3 Å². The Morgan fingerprint density at radius 2 is 2.10 bits per heavy atom. The third-order valence-electron chi connectivity index (χ3n) is 3.03. The molecule has 1 heterocycles. The first-order valence-electron chi connectivity index (χ1n) is 6.28. The number of nitrogens with two attached hydrogens (primary N) is 1. The van der Waals surface area contributed by atoms with E-state index in [0.717, 1.165) is 27.6 Å². The van der Waals surface area contributed by atoms with Crippen LogP contribution in [0.15, 0.2) is 42.5 Å². The van der Waals surface area contributed by atoms with Crippen molar-refractivity contribution in [1.29, 1.82) is 0 Å². The van der Waals surface area contributed by atoms with E-state index in [1.165, 1.54) is 4.70 Å². The van der Waals surface area contributed by atoms with Crippen LogP contribution in [-0.4, -0.2) is 12.1 Å². The summed E-state index contributed by atoms with van der Waals surface area (Å²) in [6.07, 6.45) is 0. The molecule has 0 saturated carbocycles. The van der Waals surface area contributed by atoms with E-state index in [1.807, 2.05) is 36.4 Å². The van der Waals surface area contributed by atoms with Crippen molar-refractivity contribution in [2.45, 2.75) is 6.54 Å². The molecule has 0 spiro atoms. The molecule has 20 heavy (non-hydrogen) atoms. The first kappa shape index (κ1) is 12.7. The summed E-state index contributed by atoms with van der Waals surface area (Å²) in [5.74, 6) is 0.827. The summed E-state index contributed by atoms with van der Waals surface area (Å²) in [5.41, 5.74) is 8.58. The van der Waals surface area contributed by atoms with Gasteiger partial charge < -0.3 is 15.8 Å². The Bertz CT molecular complexity index is 706. The van der Waals surface area contributed by atoms with E-state index in [1.54, 1.807) is 18.4 Å². The average Bonchev–Trinajstić information content (AvgIpc) is 2.88. The maximum Gasteiger partial charge on any atom is 0.184 e. The Hall–Kier alpha value is -2.27. The maximum atomic E-state index is 5.82. The van der Waals surface area contributed by atoms with Crippen LogP contribution < -0.4 is 15.8 Å². The largest absolute Gasteiger partial charge is 0.496 e. The number of benzene rings is 2. The average molecular weight is 285 g/mol. The van der Waals surface area contributed by atoms with Crippen molar-refractivity contribution in [3.8, 4) is 5.75 Å². The van der Waals surface area contributed by atoms with Gasteiger partial charge in [-0.1, -0.05) is 23.5 Å². The molecule has 0 aliphatic rings. The number of para-hydroxylation sites is 1. The number of nitrogens with zero attached hydrogens (tertiary/aromatic N) is 1. The van der Waals surface area contributed by atoms with E-state index in [0.29, 0.717) is 6.54 Å². The number of rotatable bonds is 4. The molecule has 2 aromatic carbocycles. The van der Waals surface area contributed by atoms with Crippen LogP contribution in [0.3, 0.4) is 0 Å². The number of hydrogen-bond donors (Lipinski definition) is 2. The van der Waals surface area contributed by atoms with E-state index >= 15 is 0 Å². The molecule has 0 bridgehead atoms. The van der Waals surface area contributed by atoms with Crippen LogP contribution in [0.25, 0.3) is 10.2 Å².